The van der Waals surface area contributed by atoms with Crippen molar-refractivity contribution < 1.29 is 0 Å². The Morgan fingerprint density at radius 2 is 0.659 bits per heavy atom. The third-order valence-corrected chi connectivity index (χ3v) is 17.4. The second-order valence-corrected chi connectivity index (χ2v) is 22.5. The van der Waals surface area contributed by atoms with Crippen molar-refractivity contribution in [2.24, 2.45) is 0 Å². The van der Waals surface area contributed by atoms with Gasteiger partial charge in [0, 0.05) is 78.3 Å². The zero-order valence-corrected chi connectivity index (χ0v) is 47.7. The lowest BCUT2D eigenvalue weighted by Crippen LogP contribution is -2.61. The van der Waals surface area contributed by atoms with Gasteiger partial charge in [0.25, 0.3) is 6.71 Å². The van der Waals surface area contributed by atoms with Gasteiger partial charge in [0.05, 0.1) is 39.5 Å². The second-order valence-electron chi connectivity index (χ2n) is 22.5. The fraction of sp³-hybridized carbons (Fsp3) is 0. The van der Waals surface area contributed by atoms with Gasteiger partial charge in [0.1, 0.15) is 0 Å². The van der Waals surface area contributed by atoms with Crippen LogP contribution in [-0.2, 0) is 0 Å². The Hall–Kier alpha value is -11.7. The molecule has 8 heteroatoms. The van der Waals surface area contributed by atoms with Crippen LogP contribution in [0.1, 0.15) is 0 Å². The largest absolute Gasteiger partial charge is 0.311 e. The number of aromatic nitrogens is 5. The van der Waals surface area contributed by atoms with Crippen molar-refractivity contribution in [3.8, 4) is 84.6 Å². The second kappa shape index (κ2) is 21.1. The molecule has 410 valence electrons. The quantitative estimate of drug-likeness (QED) is 0.127. The maximum absolute atomic E-state index is 5.64. The molecule has 88 heavy (non-hydrogen) atoms. The fourth-order valence-electron chi connectivity index (χ4n) is 13.4. The molecule has 0 amide bonds. The Kier molecular flexibility index (Phi) is 12.2. The third kappa shape index (κ3) is 8.60. The van der Waals surface area contributed by atoms with Crippen molar-refractivity contribution in [2.45, 2.75) is 0 Å². The summed E-state index contributed by atoms with van der Waals surface area (Å²) in [5.41, 5.74) is 25.1. The fourth-order valence-corrected chi connectivity index (χ4v) is 13.4. The van der Waals surface area contributed by atoms with Crippen LogP contribution < -0.4 is 26.2 Å². The van der Waals surface area contributed by atoms with E-state index in [1.807, 2.05) is 30.3 Å². The predicted octanol–water partition coefficient (Wildman–Crippen LogP) is 18.1. The molecule has 0 unspecified atom stereocenters. The maximum Gasteiger partial charge on any atom is 0.252 e. The van der Waals surface area contributed by atoms with Crippen LogP contribution in [0.25, 0.3) is 106 Å². The van der Waals surface area contributed by atoms with E-state index in [0.717, 1.165) is 95.4 Å². The van der Waals surface area contributed by atoms with E-state index in [1.54, 1.807) is 0 Å². The molecule has 0 atom stereocenters. The van der Waals surface area contributed by atoms with Gasteiger partial charge in [0.2, 0.25) is 0 Å². The van der Waals surface area contributed by atoms with Crippen LogP contribution >= 0.6 is 0 Å². The molecule has 17 rings (SSSR count). The van der Waals surface area contributed by atoms with Gasteiger partial charge in [-0.2, -0.15) is 0 Å². The molecular formula is C80H52BN7. The number of fused-ring (bicyclic) bond motifs is 7. The highest BCUT2D eigenvalue weighted by atomic mass is 15.2. The Balaban J connectivity index is 0.805. The van der Waals surface area contributed by atoms with Crippen molar-refractivity contribution in [3.63, 3.8) is 0 Å². The lowest BCUT2D eigenvalue weighted by Gasteiger charge is -2.44. The molecule has 2 aliphatic rings. The van der Waals surface area contributed by atoms with Crippen LogP contribution in [0, 0.1) is 0 Å². The monoisotopic (exact) mass is 1120 g/mol. The summed E-state index contributed by atoms with van der Waals surface area (Å²) in [5, 5.41) is 2.34. The number of rotatable bonds is 10. The summed E-state index contributed by atoms with van der Waals surface area (Å²) in [4.78, 5) is 26.5. The summed E-state index contributed by atoms with van der Waals surface area (Å²) in [6.07, 6.45) is 0. The van der Waals surface area contributed by atoms with Gasteiger partial charge in [-0.05, 0) is 119 Å². The van der Waals surface area contributed by atoms with Crippen LogP contribution in [0.5, 0.6) is 0 Å². The average Bonchev–Trinajstić information content (AvgIpc) is 2.25. The molecule has 3 aromatic heterocycles. The number of anilines is 6. The number of benzene rings is 12. The molecule has 0 bridgehead atoms. The van der Waals surface area contributed by atoms with Crippen molar-refractivity contribution in [1.29, 1.82) is 0 Å². The first-order valence-electron chi connectivity index (χ1n) is 29.9. The number of hydrogen-bond acceptors (Lipinski definition) is 6. The van der Waals surface area contributed by atoms with Gasteiger partial charge < -0.3 is 14.4 Å². The molecule has 15 aromatic rings. The van der Waals surface area contributed by atoms with Gasteiger partial charge in [-0.25, -0.2) is 19.9 Å². The zero-order chi connectivity index (χ0) is 58.1. The van der Waals surface area contributed by atoms with Gasteiger partial charge in [-0.3, -0.25) is 0 Å². The van der Waals surface area contributed by atoms with E-state index in [9.17, 15) is 0 Å². The van der Waals surface area contributed by atoms with Crippen molar-refractivity contribution >= 4 is 79.0 Å². The molecule has 0 radical (unpaired) electrons. The highest BCUT2D eigenvalue weighted by Gasteiger charge is 2.42. The molecule has 0 spiro atoms. The minimum absolute atomic E-state index is 0.0745. The average molecular weight is 1120 g/mol. The third-order valence-electron chi connectivity index (χ3n) is 17.4. The molecule has 5 heterocycles. The first kappa shape index (κ1) is 50.8. The smallest absolute Gasteiger partial charge is 0.252 e. The first-order chi connectivity index (χ1) is 43.6. The van der Waals surface area contributed by atoms with Crippen LogP contribution in [0.15, 0.2) is 315 Å². The van der Waals surface area contributed by atoms with E-state index in [0.29, 0.717) is 11.6 Å². The van der Waals surface area contributed by atoms with Crippen molar-refractivity contribution in [2.75, 3.05) is 9.80 Å². The summed E-state index contributed by atoms with van der Waals surface area (Å²) >= 11 is 0. The van der Waals surface area contributed by atoms with Gasteiger partial charge in [-0.15, -0.1) is 0 Å². The Morgan fingerprint density at radius 3 is 1.24 bits per heavy atom. The summed E-state index contributed by atoms with van der Waals surface area (Å²) in [6.45, 7) is 0.0745. The normalized spacial score (nSPS) is 12.2. The van der Waals surface area contributed by atoms with Gasteiger partial charge in [0.15, 0.2) is 11.6 Å². The minimum atomic E-state index is 0.0745. The lowest BCUT2D eigenvalue weighted by atomic mass is 9.33. The van der Waals surface area contributed by atoms with E-state index in [2.05, 4.69) is 299 Å². The minimum Gasteiger partial charge on any atom is -0.311 e. The highest BCUT2D eigenvalue weighted by molar-refractivity contribution is 7.00. The standard InChI is InChI=1S/C80H52BN7/c1-5-23-54(24-6-1)67-51-70(83-79(82-67)56-27-9-3-10-28-56)59-45-48-73(88-71-37-17-13-33-62(71)63-34-14-18-38-72(63)88)64(50-59)80-84-68(55-25-7-2-8-26-55)52-69(85-80)58-30-21-29-57(49-58)53-43-46-61(47-44-53)87-75-40-20-16-36-66(75)81-65-35-15-19-39-74(65)86(60-31-11-4-12-32-60)76-41-22-42-77(87)78(76)81/h1-52H. The Labute approximate surface area is 510 Å². The number of nitrogens with zero attached hydrogens (tertiary/aromatic N) is 7. The summed E-state index contributed by atoms with van der Waals surface area (Å²) in [7, 11) is 0. The van der Waals surface area contributed by atoms with E-state index in [4.69, 9.17) is 19.9 Å². The topological polar surface area (TPSA) is 63.0 Å². The number of para-hydroxylation sites is 5. The zero-order valence-electron chi connectivity index (χ0n) is 47.7. The van der Waals surface area contributed by atoms with Crippen LogP contribution in [0.4, 0.5) is 34.1 Å². The summed E-state index contributed by atoms with van der Waals surface area (Å²) in [5.74, 6) is 1.24. The summed E-state index contributed by atoms with van der Waals surface area (Å²) in [6, 6.07) is 112. The van der Waals surface area contributed by atoms with Crippen LogP contribution in [-0.4, -0.2) is 31.2 Å². The van der Waals surface area contributed by atoms with E-state index < -0.39 is 0 Å². The molecule has 7 nitrogen and oxygen atoms in total. The molecular weight excluding hydrogens is 1070 g/mol. The van der Waals surface area contributed by atoms with E-state index in [-0.39, 0.29) is 6.71 Å². The predicted molar refractivity (Wildman–Crippen MR) is 364 cm³/mol. The van der Waals surface area contributed by atoms with Crippen LogP contribution in [0.2, 0.25) is 0 Å². The van der Waals surface area contributed by atoms with Crippen LogP contribution in [0.3, 0.4) is 0 Å². The molecule has 0 aliphatic carbocycles. The number of hydrogen-bond donors (Lipinski definition) is 0. The first-order valence-corrected chi connectivity index (χ1v) is 29.9. The van der Waals surface area contributed by atoms with Crippen molar-refractivity contribution in [3.05, 3.63) is 315 Å². The summed E-state index contributed by atoms with van der Waals surface area (Å²) < 4.78 is 2.36. The highest BCUT2D eigenvalue weighted by Crippen LogP contribution is 2.45. The molecule has 0 saturated heterocycles. The molecule has 0 N–H and O–H groups in total. The van der Waals surface area contributed by atoms with Gasteiger partial charge in [-0.1, -0.05) is 224 Å². The lowest BCUT2D eigenvalue weighted by molar-refractivity contribution is 1.13. The molecule has 0 saturated carbocycles. The van der Waals surface area contributed by atoms with E-state index in [1.165, 1.54) is 49.9 Å². The van der Waals surface area contributed by atoms with Gasteiger partial charge >= 0.3 is 0 Å². The SMILES string of the molecule is c1ccc(-c2cc(-c3ccc(-n4c5ccccc5c5ccccc54)c(-c4nc(-c5ccccc5)cc(-c5cccc(-c6ccc(N7c8ccccc8B8c9ccccc9N(c9ccccc9)c9cccc7c98)cc6)c5)n4)c3)nc(-c3ccccc3)n2)cc1. The molecule has 12 aromatic carbocycles. The Bertz CT molecular complexity index is 5060. The molecule has 2 aliphatic heterocycles. The maximum atomic E-state index is 5.64. The van der Waals surface area contributed by atoms with E-state index >= 15 is 0 Å². The molecule has 0 fully saturated rings. The Morgan fingerprint density at radius 1 is 0.250 bits per heavy atom. The van der Waals surface area contributed by atoms with Crippen molar-refractivity contribution in [1.82, 2.24) is 24.5 Å².